The van der Waals surface area contributed by atoms with Gasteiger partial charge in [0.2, 0.25) is 0 Å². The fraction of sp³-hybridized carbons (Fsp3) is 0.357. The summed E-state index contributed by atoms with van der Waals surface area (Å²) in [4.78, 5) is 20.5. The van der Waals surface area contributed by atoms with Crippen molar-refractivity contribution in [3.05, 3.63) is 41.7 Å². The molecule has 1 amide bonds. The standard InChI is InChI=1S/C14H16N4O2/c1-20-12-4-5-15-7-10(12)8-16-14(19)11-9-18-6-2-3-13(18)17-11/h4-5,7,9H,2-3,6,8H2,1H3,(H,16,19). The van der Waals surface area contributed by atoms with Crippen LogP contribution in [0.25, 0.3) is 0 Å². The first-order valence-electron chi connectivity index (χ1n) is 6.59. The summed E-state index contributed by atoms with van der Waals surface area (Å²) in [5.74, 6) is 1.54. The monoisotopic (exact) mass is 272 g/mol. The van der Waals surface area contributed by atoms with E-state index in [2.05, 4.69) is 15.3 Å². The number of nitrogens with zero attached hydrogens (tertiary/aromatic N) is 3. The molecule has 1 aliphatic heterocycles. The number of hydrogen-bond donors (Lipinski definition) is 1. The number of aryl methyl sites for hydroxylation is 2. The van der Waals surface area contributed by atoms with Gasteiger partial charge in [0, 0.05) is 43.7 Å². The van der Waals surface area contributed by atoms with Crippen molar-refractivity contribution in [3.8, 4) is 5.75 Å². The summed E-state index contributed by atoms with van der Waals surface area (Å²) in [5.41, 5.74) is 1.32. The Balaban J connectivity index is 1.67. The van der Waals surface area contributed by atoms with E-state index in [1.54, 1.807) is 25.6 Å². The van der Waals surface area contributed by atoms with E-state index in [0.717, 1.165) is 30.8 Å². The summed E-state index contributed by atoms with van der Waals surface area (Å²) >= 11 is 0. The van der Waals surface area contributed by atoms with Crippen molar-refractivity contribution in [2.75, 3.05) is 7.11 Å². The van der Waals surface area contributed by atoms with Gasteiger partial charge in [0.25, 0.3) is 5.91 Å². The molecule has 3 heterocycles. The number of aromatic nitrogens is 3. The zero-order chi connectivity index (χ0) is 13.9. The molecule has 1 aliphatic rings. The second-order valence-corrected chi connectivity index (χ2v) is 4.71. The maximum atomic E-state index is 12.1. The van der Waals surface area contributed by atoms with Crippen LogP contribution in [0.1, 0.15) is 28.3 Å². The lowest BCUT2D eigenvalue weighted by Crippen LogP contribution is -2.23. The van der Waals surface area contributed by atoms with Crippen LogP contribution < -0.4 is 10.1 Å². The summed E-state index contributed by atoms with van der Waals surface area (Å²) < 4.78 is 7.26. The first-order chi connectivity index (χ1) is 9.78. The fourth-order valence-corrected chi connectivity index (χ4v) is 2.38. The van der Waals surface area contributed by atoms with Crippen LogP contribution in [0.2, 0.25) is 0 Å². The maximum Gasteiger partial charge on any atom is 0.271 e. The molecule has 0 saturated heterocycles. The van der Waals surface area contributed by atoms with E-state index in [9.17, 15) is 4.79 Å². The zero-order valence-electron chi connectivity index (χ0n) is 11.3. The Morgan fingerprint density at radius 2 is 2.45 bits per heavy atom. The lowest BCUT2D eigenvalue weighted by molar-refractivity contribution is 0.0946. The van der Waals surface area contributed by atoms with E-state index in [1.165, 1.54) is 0 Å². The first-order valence-corrected chi connectivity index (χ1v) is 6.59. The SMILES string of the molecule is COc1ccncc1CNC(=O)c1cn2c(n1)CCC2. The average molecular weight is 272 g/mol. The number of pyridine rings is 1. The summed E-state index contributed by atoms with van der Waals surface area (Å²) in [7, 11) is 1.60. The number of methoxy groups -OCH3 is 1. The number of hydrogen-bond acceptors (Lipinski definition) is 4. The summed E-state index contributed by atoms with van der Waals surface area (Å²) in [5, 5.41) is 2.84. The van der Waals surface area contributed by atoms with Crippen LogP contribution >= 0.6 is 0 Å². The number of ether oxygens (including phenoxy) is 1. The molecule has 0 fully saturated rings. The second-order valence-electron chi connectivity index (χ2n) is 4.71. The normalized spacial score (nSPS) is 13.1. The van der Waals surface area contributed by atoms with Crippen LogP contribution in [0.3, 0.4) is 0 Å². The zero-order valence-corrected chi connectivity index (χ0v) is 11.3. The molecular formula is C14H16N4O2. The first kappa shape index (κ1) is 12.7. The van der Waals surface area contributed by atoms with Gasteiger partial charge in [0.05, 0.1) is 7.11 Å². The summed E-state index contributed by atoms with van der Waals surface area (Å²) in [6.45, 7) is 1.32. The predicted octanol–water partition coefficient (Wildman–Crippen LogP) is 1.16. The van der Waals surface area contributed by atoms with Gasteiger partial charge < -0.3 is 14.6 Å². The highest BCUT2D eigenvalue weighted by atomic mass is 16.5. The molecule has 0 aromatic carbocycles. The number of fused-ring (bicyclic) bond motifs is 1. The van der Waals surface area contributed by atoms with E-state index >= 15 is 0 Å². The highest BCUT2D eigenvalue weighted by Crippen LogP contribution is 2.16. The lowest BCUT2D eigenvalue weighted by Gasteiger charge is -2.08. The molecule has 0 atom stereocenters. The third kappa shape index (κ3) is 2.36. The highest BCUT2D eigenvalue weighted by Gasteiger charge is 2.17. The molecule has 2 aromatic rings. The van der Waals surface area contributed by atoms with Crippen molar-refractivity contribution in [1.82, 2.24) is 19.9 Å². The van der Waals surface area contributed by atoms with Gasteiger partial charge in [0.15, 0.2) is 0 Å². The molecule has 6 nitrogen and oxygen atoms in total. The Morgan fingerprint density at radius 1 is 1.55 bits per heavy atom. The number of carbonyl (C=O) groups is 1. The van der Waals surface area contributed by atoms with Crippen molar-refractivity contribution in [3.63, 3.8) is 0 Å². The van der Waals surface area contributed by atoms with Crippen LogP contribution in [-0.4, -0.2) is 27.6 Å². The molecule has 0 bridgehead atoms. The molecule has 0 spiro atoms. The van der Waals surface area contributed by atoms with Crippen LogP contribution in [0.15, 0.2) is 24.7 Å². The van der Waals surface area contributed by atoms with E-state index in [0.29, 0.717) is 18.0 Å². The van der Waals surface area contributed by atoms with Crippen molar-refractivity contribution in [2.24, 2.45) is 0 Å². The molecule has 0 saturated carbocycles. The highest BCUT2D eigenvalue weighted by molar-refractivity contribution is 5.92. The number of amides is 1. The molecule has 3 rings (SSSR count). The van der Waals surface area contributed by atoms with Gasteiger partial charge in [-0.2, -0.15) is 0 Å². The Labute approximate surface area is 116 Å². The minimum atomic E-state index is -0.169. The third-order valence-corrected chi connectivity index (χ3v) is 3.41. The fourth-order valence-electron chi connectivity index (χ4n) is 2.38. The smallest absolute Gasteiger partial charge is 0.271 e. The topological polar surface area (TPSA) is 69.0 Å². The number of nitrogens with one attached hydrogen (secondary N) is 1. The Kier molecular flexibility index (Phi) is 3.37. The largest absolute Gasteiger partial charge is 0.496 e. The molecule has 0 radical (unpaired) electrons. The lowest BCUT2D eigenvalue weighted by atomic mass is 10.2. The molecule has 20 heavy (non-hydrogen) atoms. The van der Waals surface area contributed by atoms with Gasteiger partial charge in [-0.05, 0) is 12.5 Å². The minimum absolute atomic E-state index is 0.169. The molecule has 104 valence electrons. The Bertz CT molecular complexity index is 614. The number of rotatable bonds is 4. The van der Waals surface area contributed by atoms with Crippen molar-refractivity contribution < 1.29 is 9.53 Å². The third-order valence-electron chi connectivity index (χ3n) is 3.41. The average Bonchev–Trinajstić information content (AvgIpc) is 3.06. The quantitative estimate of drug-likeness (QED) is 0.907. The maximum absolute atomic E-state index is 12.1. The summed E-state index contributed by atoms with van der Waals surface area (Å²) in [6, 6.07) is 1.77. The molecule has 0 unspecified atom stereocenters. The van der Waals surface area contributed by atoms with Crippen LogP contribution in [0, 0.1) is 0 Å². The van der Waals surface area contributed by atoms with E-state index in [4.69, 9.17) is 4.74 Å². The van der Waals surface area contributed by atoms with Crippen molar-refractivity contribution >= 4 is 5.91 Å². The molecular weight excluding hydrogens is 256 g/mol. The molecule has 0 aliphatic carbocycles. The van der Waals surface area contributed by atoms with Crippen LogP contribution in [0.4, 0.5) is 0 Å². The van der Waals surface area contributed by atoms with Gasteiger partial charge >= 0.3 is 0 Å². The second kappa shape index (κ2) is 5.32. The Morgan fingerprint density at radius 3 is 3.25 bits per heavy atom. The molecule has 2 aromatic heterocycles. The Hall–Kier alpha value is -2.37. The predicted molar refractivity (Wildman–Crippen MR) is 72.5 cm³/mol. The molecule has 6 heteroatoms. The van der Waals surface area contributed by atoms with Crippen LogP contribution in [0.5, 0.6) is 5.75 Å². The van der Waals surface area contributed by atoms with Crippen molar-refractivity contribution in [1.29, 1.82) is 0 Å². The van der Waals surface area contributed by atoms with Crippen molar-refractivity contribution in [2.45, 2.75) is 25.9 Å². The number of carbonyl (C=O) groups excluding carboxylic acids is 1. The van der Waals surface area contributed by atoms with E-state index in [-0.39, 0.29) is 5.91 Å². The van der Waals surface area contributed by atoms with Crippen LogP contribution in [-0.2, 0) is 19.5 Å². The summed E-state index contributed by atoms with van der Waals surface area (Å²) in [6.07, 6.45) is 7.22. The molecule has 1 N–H and O–H groups in total. The van der Waals surface area contributed by atoms with Gasteiger partial charge in [-0.25, -0.2) is 4.98 Å². The minimum Gasteiger partial charge on any atom is -0.496 e. The van der Waals surface area contributed by atoms with E-state index in [1.807, 2.05) is 10.8 Å². The van der Waals surface area contributed by atoms with Gasteiger partial charge in [-0.3, -0.25) is 9.78 Å². The van der Waals surface area contributed by atoms with Gasteiger partial charge in [0.1, 0.15) is 17.3 Å². The van der Waals surface area contributed by atoms with E-state index < -0.39 is 0 Å². The van der Waals surface area contributed by atoms with Gasteiger partial charge in [-0.15, -0.1) is 0 Å². The number of imidazole rings is 1. The van der Waals surface area contributed by atoms with Gasteiger partial charge in [-0.1, -0.05) is 0 Å².